The molecule has 1 aliphatic heterocycles. The predicted molar refractivity (Wildman–Crippen MR) is 102 cm³/mol. The molecule has 1 amide bonds. The quantitative estimate of drug-likeness (QED) is 0.878. The number of aromatic hydroxyl groups is 1. The second kappa shape index (κ2) is 7.00. The summed E-state index contributed by atoms with van der Waals surface area (Å²) in [4.78, 5) is 30.8. The molecule has 1 unspecified atom stereocenters. The lowest BCUT2D eigenvalue weighted by molar-refractivity contribution is 0.0737. The van der Waals surface area contributed by atoms with Gasteiger partial charge in [0.15, 0.2) is 5.69 Å². The number of nitrogens with zero attached hydrogens (tertiary/aromatic N) is 3. The van der Waals surface area contributed by atoms with Crippen LogP contribution in [0.2, 0.25) is 5.02 Å². The van der Waals surface area contributed by atoms with Crippen molar-refractivity contribution in [2.75, 3.05) is 13.6 Å². The average molecular weight is 388 g/mol. The monoisotopic (exact) mass is 387 g/mol. The van der Waals surface area contributed by atoms with Crippen LogP contribution in [0.3, 0.4) is 0 Å². The van der Waals surface area contributed by atoms with Crippen molar-refractivity contribution >= 4 is 17.5 Å². The molecular weight excluding hydrogens is 366 g/mol. The summed E-state index contributed by atoms with van der Waals surface area (Å²) in [6, 6.07) is 7.61. The molecule has 1 atom stereocenters. The van der Waals surface area contributed by atoms with Crippen LogP contribution in [0, 0.1) is 5.92 Å². The molecular formula is C20H22ClN3O3. The first-order valence-corrected chi connectivity index (χ1v) is 9.70. The standard InChI is InChI=1S/C20H22ClN3O3/c1-23-10-11-24-16(20(23)27)17(25)19(26)22-18(24)15(12-4-2-3-5-12)13-6-8-14(21)9-7-13/h6-9,12,15,25H,2-5,10-11H2,1H3. The number of amides is 1. The first kappa shape index (κ1) is 18.0. The summed E-state index contributed by atoms with van der Waals surface area (Å²) in [5.74, 6) is -0.0946. The van der Waals surface area contributed by atoms with E-state index < -0.39 is 11.3 Å². The van der Waals surface area contributed by atoms with Gasteiger partial charge in [-0.25, -0.2) is 0 Å². The van der Waals surface area contributed by atoms with Gasteiger partial charge in [-0.2, -0.15) is 4.98 Å². The zero-order chi connectivity index (χ0) is 19.1. The molecule has 2 heterocycles. The first-order chi connectivity index (χ1) is 13.0. The van der Waals surface area contributed by atoms with E-state index in [2.05, 4.69) is 4.98 Å². The smallest absolute Gasteiger partial charge is 0.315 e. The van der Waals surface area contributed by atoms with Crippen LogP contribution in [0.4, 0.5) is 0 Å². The van der Waals surface area contributed by atoms with Crippen LogP contribution in [0.25, 0.3) is 0 Å². The number of hydrogen-bond acceptors (Lipinski definition) is 4. The summed E-state index contributed by atoms with van der Waals surface area (Å²) in [5.41, 5.74) is 0.345. The van der Waals surface area contributed by atoms with Crippen LogP contribution in [0.1, 0.15) is 53.5 Å². The lowest BCUT2D eigenvalue weighted by Gasteiger charge is -2.32. The van der Waals surface area contributed by atoms with Gasteiger partial charge in [0, 0.05) is 31.1 Å². The van der Waals surface area contributed by atoms with Crippen molar-refractivity contribution in [1.29, 1.82) is 0 Å². The highest BCUT2D eigenvalue weighted by atomic mass is 35.5. The van der Waals surface area contributed by atoms with Gasteiger partial charge in [0.05, 0.1) is 0 Å². The minimum absolute atomic E-state index is 0.0516. The van der Waals surface area contributed by atoms with Gasteiger partial charge in [-0.1, -0.05) is 36.6 Å². The van der Waals surface area contributed by atoms with Crippen LogP contribution in [0.15, 0.2) is 29.1 Å². The number of carbonyl (C=O) groups is 1. The Labute approximate surface area is 162 Å². The molecule has 1 N–H and O–H groups in total. The predicted octanol–water partition coefficient (Wildman–Crippen LogP) is 3.01. The Morgan fingerprint density at radius 3 is 2.48 bits per heavy atom. The van der Waals surface area contributed by atoms with Crippen LogP contribution < -0.4 is 5.56 Å². The largest absolute Gasteiger partial charge is 0.501 e. The summed E-state index contributed by atoms with van der Waals surface area (Å²) >= 11 is 6.06. The number of halogens is 1. The summed E-state index contributed by atoms with van der Waals surface area (Å²) in [5, 5.41) is 10.9. The van der Waals surface area contributed by atoms with Gasteiger partial charge in [-0.3, -0.25) is 9.59 Å². The molecule has 1 fully saturated rings. The minimum Gasteiger partial charge on any atom is -0.501 e. The number of likely N-dealkylation sites (N-methyl/N-ethyl adjacent to an activating group) is 1. The molecule has 1 aromatic heterocycles. The maximum atomic E-state index is 12.6. The van der Waals surface area contributed by atoms with Crippen molar-refractivity contribution < 1.29 is 9.90 Å². The minimum atomic E-state index is -0.739. The Balaban J connectivity index is 1.93. The van der Waals surface area contributed by atoms with Gasteiger partial charge in [-0.05, 0) is 36.5 Å². The summed E-state index contributed by atoms with van der Waals surface area (Å²) < 4.78 is 1.75. The summed E-state index contributed by atoms with van der Waals surface area (Å²) in [6.07, 6.45) is 4.39. The Morgan fingerprint density at radius 2 is 1.81 bits per heavy atom. The number of hydrogen-bond donors (Lipinski definition) is 1. The van der Waals surface area contributed by atoms with E-state index >= 15 is 0 Å². The van der Waals surface area contributed by atoms with Crippen LogP contribution in [-0.4, -0.2) is 39.1 Å². The molecule has 0 spiro atoms. The third-order valence-corrected chi connectivity index (χ3v) is 6.03. The zero-order valence-corrected chi connectivity index (χ0v) is 15.9. The summed E-state index contributed by atoms with van der Waals surface area (Å²) in [7, 11) is 1.67. The highest BCUT2D eigenvalue weighted by Gasteiger charge is 2.35. The van der Waals surface area contributed by atoms with Gasteiger partial charge in [0.1, 0.15) is 5.82 Å². The van der Waals surface area contributed by atoms with E-state index in [4.69, 9.17) is 11.6 Å². The van der Waals surface area contributed by atoms with Crippen molar-refractivity contribution in [2.45, 2.75) is 38.1 Å². The highest BCUT2D eigenvalue weighted by molar-refractivity contribution is 6.30. The molecule has 4 rings (SSSR count). The van der Waals surface area contributed by atoms with Crippen molar-refractivity contribution in [3.8, 4) is 5.75 Å². The fourth-order valence-electron chi connectivity index (χ4n) is 4.37. The third kappa shape index (κ3) is 3.12. The Hall–Kier alpha value is -2.34. The van der Waals surface area contributed by atoms with E-state index in [1.54, 1.807) is 11.6 Å². The van der Waals surface area contributed by atoms with Crippen molar-refractivity contribution in [2.24, 2.45) is 5.92 Å². The maximum absolute atomic E-state index is 12.6. The Bertz CT molecular complexity index is 933. The normalized spacial score (nSPS) is 18.6. The second-order valence-electron chi connectivity index (χ2n) is 7.42. The van der Waals surface area contributed by atoms with Crippen molar-refractivity contribution in [1.82, 2.24) is 14.5 Å². The molecule has 0 bridgehead atoms. The highest BCUT2D eigenvalue weighted by Crippen LogP contribution is 2.41. The SMILES string of the molecule is CN1CCn2c(C(c3ccc(Cl)cc3)C3CCCC3)nc(=O)c(O)c2C1=O. The van der Waals surface area contributed by atoms with Gasteiger partial charge < -0.3 is 14.6 Å². The lowest BCUT2D eigenvalue weighted by atomic mass is 9.83. The third-order valence-electron chi connectivity index (χ3n) is 5.78. The molecule has 142 valence electrons. The molecule has 1 aromatic carbocycles. The van der Waals surface area contributed by atoms with E-state index in [9.17, 15) is 14.7 Å². The van der Waals surface area contributed by atoms with Crippen molar-refractivity contribution in [3.05, 3.63) is 56.7 Å². The van der Waals surface area contributed by atoms with Gasteiger partial charge >= 0.3 is 5.56 Å². The van der Waals surface area contributed by atoms with Crippen molar-refractivity contribution in [3.63, 3.8) is 0 Å². The Morgan fingerprint density at radius 1 is 1.15 bits per heavy atom. The van der Waals surface area contributed by atoms with E-state index in [0.29, 0.717) is 29.9 Å². The number of fused-ring (bicyclic) bond motifs is 1. The molecule has 7 heteroatoms. The van der Waals surface area contributed by atoms with E-state index in [1.165, 1.54) is 4.90 Å². The molecule has 1 aliphatic carbocycles. The average Bonchev–Trinajstić information content (AvgIpc) is 3.17. The first-order valence-electron chi connectivity index (χ1n) is 9.32. The number of benzene rings is 1. The van der Waals surface area contributed by atoms with Crippen LogP contribution >= 0.6 is 11.6 Å². The molecule has 2 aromatic rings. The molecule has 0 radical (unpaired) electrons. The fourth-order valence-corrected chi connectivity index (χ4v) is 4.49. The van der Waals surface area contributed by atoms with Gasteiger partial charge in [0.25, 0.3) is 5.91 Å². The molecule has 2 aliphatic rings. The molecule has 27 heavy (non-hydrogen) atoms. The molecule has 1 saturated carbocycles. The topological polar surface area (TPSA) is 75.4 Å². The van der Waals surface area contributed by atoms with Gasteiger partial charge in [0.2, 0.25) is 5.75 Å². The molecule has 6 nitrogen and oxygen atoms in total. The zero-order valence-electron chi connectivity index (χ0n) is 15.2. The van der Waals surface area contributed by atoms with E-state index in [0.717, 1.165) is 31.2 Å². The van der Waals surface area contributed by atoms with E-state index in [-0.39, 0.29) is 17.5 Å². The van der Waals surface area contributed by atoms with E-state index in [1.807, 2.05) is 24.3 Å². The summed E-state index contributed by atoms with van der Waals surface area (Å²) in [6.45, 7) is 1.02. The number of aromatic nitrogens is 2. The number of carbonyl (C=O) groups excluding carboxylic acids is 1. The van der Waals surface area contributed by atoms with Crippen LogP contribution in [0.5, 0.6) is 5.75 Å². The molecule has 0 saturated heterocycles. The lowest BCUT2D eigenvalue weighted by Crippen LogP contribution is -2.41. The number of rotatable bonds is 3. The van der Waals surface area contributed by atoms with Crippen LogP contribution in [-0.2, 0) is 6.54 Å². The Kier molecular flexibility index (Phi) is 4.68. The second-order valence-corrected chi connectivity index (χ2v) is 7.86. The maximum Gasteiger partial charge on any atom is 0.315 e. The fraction of sp³-hybridized carbons (Fsp3) is 0.450. The van der Waals surface area contributed by atoms with Gasteiger partial charge in [-0.15, -0.1) is 0 Å².